The molecule has 0 N–H and O–H groups in total. The van der Waals surface area contributed by atoms with Crippen molar-refractivity contribution >= 4 is 57.4 Å². The van der Waals surface area contributed by atoms with E-state index in [9.17, 15) is 0 Å². The van der Waals surface area contributed by atoms with Gasteiger partial charge >= 0.3 is 0 Å². The summed E-state index contributed by atoms with van der Waals surface area (Å²) in [6.07, 6.45) is 6.86. The molecule has 5 aromatic carbocycles. The Morgan fingerprint density at radius 3 is 1.61 bits per heavy atom. The van der Waals surface area contributed by atoms with Crippen LogP contribution in [-0.2, 0) is 43.3 Å². The van der Waals surface area contributed by atoms with E-state index in [0.717, 1.165) is 24.9 Å². The lowest BCUT2D eigenvalue weighted by Crippen LogP contribution is -2.62. The van der Waals surface area contributed by atoms with Crippen LogP contribution in [0.5, 0.6) is 0 Å². The smallest absolute Gasteiger partial charge is 0.297 e. The van der Waals surface area contributed by atoms with Crippen molar-refractivity contribution in [1.82, 2.24) is 0 Å². The third-order valence-corrected chi connectivity index (χ3v) is 18.9. The molecule has 0 amide bonds. The van der Waals surface area contributed by atoms with Crippen LogP contribution in [0.4, 0.5) is 34.1 Å². The fourth-order valence-electron chi connectivity index (χ4n) is 13.9. The predicted octanol–water partition coefficient (Wildman–Crippen LogP) is 17.0. The molecule has 3 aliphatic carbocycles. The van der Waals surface area contributed by atoms with Gasteiger partial charge in [0.1, 0.15) is 5.76 Å². The van der Waals surface area contributed by atoms with E-state index in [1.807, 2.05) is 0 Å². The molecule has 4 heteroatoms. The maximum Gasteiger partial charge on any atom is 0.297 e. The van der Waals surface area contributed by atoms with Crippen LogP contribution in [0.2, 0.25) is 0 Å². The molecule has 0 unspecified atom stereocenters. The SMILES string of the molecule is Cc1cc2c3c(c1)N(c1ccc(C(C)(C)C)cc1-c1ccc4c(c1)C(C)(C)CCC4(C)C)c1c(oc4c1C(C)(C)CCC4(C)C)B3c1ccc3c(c1N2c1ccc(C(C)(C)C)cc1)C(C)(C)CCC3(C)C. The van der Waals surface area contributed by atoms with E-state index in [1.54, 1.807) is 0 Å². The summed E-state index contributed by atoms with van der Waals surface area (Å²) < 4.78 is 7.89. The largest absolute Gasteiger partial charge is 0.472 e. The van der Waals surface area contributed by atoms with E-state index in [2.05, 4.69) is 226 Å². The van der Waals surface area contributed by atoms with Crippen molar-refractivity contribution in [3.63, 3.8) is 0 Å². The third kappa shape index (κ3) is 7.23. The van der Waals surface area contributed by atoms with Gasteiger partial charge in [-0.2, -0.15) is 0 Å². The molecular formula is C67H83BN2O. The zero-order chi connectivity index (χ0) is 51.1. The van der Waals surface area contributed by atoms with Crippen LogP contribution in [0.25, 0.3) is 11.1 Å². The number of furan rings is 1. The summed E-state index contributed by atoms with van der Waals surface area (Å²) in [7, 11) is 0. The Balaban J connectivity index is 1.28. The zero-order valence-corrected chi connectivity index (χ0v) is 47.2. The minimum Gasteiger partial charge on any atom is -0.472 e. The molecule has 11 rings (SSSR count). The Labute approximate surface area is 429 Å². The first-order valence-electron chi connectivity index (χ1n) is 27.4. The van der Waals surface area contributed by atoms with Crippen molar-refractivity contribution in [2.24, 2.45) is 0 Å². The Bertz CT molecular complexity index is 3190. The van der Waals surface area contributed by atoms with Crippen molar-refractivity contribution in [3.05, 3.63) is 135 Å². The van der Waals surface area contributed by atoms with Crippen molar-refractivity contribution in [2.75, 3.05) is 9.80 Å². The highest BCUT2D eigenvalue weighted by molar-refractivity contribution is 6.99. The number of rotatable bonds is 3. The zero-order valence-electron chi connectivity index (χ0n) is 47.2. The van der Waals surface area contributed by atoms with Gasteiger partial charge in [0.2, 0.25) is 0 Å². The standard InChI is InChI=1S/C67H83BN2O/c1-40-36-51-55-52(37-40)70(50-29-23-43(61(5,6)7)39-45(50)41-20-26-46-48(38-41)64(12,13)31-30-62(46,8)9)57-54-58(67(18,19)35-34-66(54,16)17)71-59(57)68(55)49-28-27-47-53(65(14,15)33-32-63(47,10)11)56(49)69(51)44-24-21-42(22-25-44)60(2,3)4/h20-29,36-39H,30-35H2,1-19H3. The molecule has 6 aromatic rings. The van der Waals surface area contributed by atoms with E-state index in [-0.39, 0.29) is 50.0 Å². The second-order valence-corrected chi connectivity index (χ2v) is 29.1. The first kappa shape index (κ1) is 48.3. The van der Waals surface area contributed by atoms with Crippen LogP contribution in [0, 0.1) is 6.92 Å². The van der Waals surface area contributed by atoms with Gasteiger partial charge in [0.25, 0.3) is 6.71 Å². The van der Waals surface area contributed by atoms with Gasteiger partial charge in [-0.25, -0.2) is 0 Å². The molecule has 0 fully saturated rings. The fraction of sp³-hybridized carbons (Fsp3) is 0.493. The summed E-state index contributed by atoms with van der Waals surface area (Å²) in [5, 5.41) is 0. The fourth-order valence-corrected chi connectivity index (χ4v) is 13.9. The maximum atomic E-state index is 7.89. The van der Waals surface area contributed by atoms with Gasteiger partial charge in [-0.3, -0.25) is 0 Å². The molecular weight excluding hydrogens is 860 g/mol. The first-order valence-corrected chi connectivity index (χ1v) is 27.4. The number of aryl methyl sites for hydroxylation is 1. The topological polar surface area (TPSA) is 19.6 Å². The van der Waals surface area contributed by atoms with Crippen LogP contribution in [0.15, 0.2) is 89.3 Å². The third-order valence-electron chi connectivity index (χ3n) is 18.9. The molecule has 2 aliphatic heterocycles. The molecule has 0 saturated heterocycles. The van der Waals surface area contributed by atoms with Gasteiger partial charge in [0.15, 0.2) is 0 Å². The van der Waals surface area contributed by atoms with Crippen LogP contribution in [0.1, 0.15) is 213 Å². The maximum absolute atomic E-state index is 7.89. The molecule has 0 bridgehead atoms. The number of anilines is 6. The van der Waals surface area contributed by atoms with Crippen LogP contribution < -0.4 is 26.4 Å². The van der Waals surface area contributed by atoms with Gasteiger partial charge < -0.3 is 14.2 Å². The van der Waals surface area contributed by atoms with Crippen LogP contribution in [-0.4, -0.2) is 6.71 Å². The van der Waals surface area contributed by atoms with Gasteiger partial charge in [0, 0.05) is 39.3 Å². The van der Waals surface area contributed by atoms with Crippen LogP contribution >= 0.6 is 0 Å². The molecule has 3 heterocycles. The molecule has 1 aromatic heterocycles. The molecule has 370 valence electrons. The lowest BCUT2D eigenvalue weighted by Gasteiger charge is -2.49. The quantitative estimate of drug-likeness (QED) is 0.165. The molecule has 0 radical (unpaired) electrons. The van der Waals surface area contributed by atoms with Gasteiger partial charge in [-0.1, -0.05) is 173 Å². The number of hydrogen-bond acceptors (Lipinski definition) is 3. The number of nitrogens with zero attached hydrogens (tertiary/aromatic N) is 2. The molecule has 3 nitrogen and oxygen atoms in total. The minimum absolute atomic E-state index is 0.0395. The van der Waals surface area contributed by atoms with Crippen molar-refractivity contribution in [2.45, 2.75) is 213 Å². The van der Waals surface area contributed by atoms with Crippen LogP contribution in [0.3, 0.4) is 0 Å². The van der Waals surface area contributed by atoms with Crippen molar-refractivity contribution in [3.8, 4) is 11.1 Å². The normalized spacial score (nSPS) is 20.6. The summed E-state index contributed by atoms with van der Waals surface area (Å²) in [4.78, 5) is 5.42. The molecule has 0 spiro atoms. The van der Waals surface area contributed by atoms with Crippen molar-refractivity contribution in [1.29, 1.82) is 0 Å². The first-order chi connectivity index (χ1) is 32.8. The Kier molecular flexibility index (Phi) is 10.3. The average Bonchev–Trinajstić information content (AvgIpc) is 3.70. The van der Waals surface area contributed by atoms with Gasteiger partial charge in [0.05, 0.1) is 17.0 Å². The summed E-state index contributed by atoms with van der Waals surface area (Å²) in [6, 6.07) is 34.6. The van der Waals surface area contributed by atoms with E-state index >= 15 is 0 Å². The monoisotopic (exact) mass is 943 g/mol. The predicted molar refractivity (Wildman–Crippen MR) is 306 cm³/mol. The highest BCUT2D eigenvalue weighted by atomic mass is 16.3. The molecule has 71 heavy (non-hydrogen) atoms. The second kappa shape index (κ2) is 15.1. The minimum atomic E-state index is -0.130. The van der Waals surface area contributed by atoms with Gasteiger partial charge in [-0.05, 0) is 175 Å². The van der Waals surface area contributed by atoms with Crippen molar-refractivity contribution < 1.29 is 4.42 Å². The van der Waals surface area contributed by atoms with E-state index in [1.165, 1.54) is 126 Å². The lowest BCUT2D eigenvalue weighted by molar-refractivity contribution is 0.282. The van der Waals surface area contributed by atoms with E-state index in [4.69, 9.17) is 4.42 Å². The molecule has 0 saturated carbocycles. The Morgan fingerprint density at radius 2 is 0.986 bits per heavy atom. The summed E-state index contributed by atoms with van der Waals surface area (Å²) >= 11 is 0. The lowest BCUT2D eigenvalue weighted by atomic mass is 9.34. The summed E-state index contributed by atoms with van der Waals surface area (Å²) in [5.41, 5.74) is 25.3. The second-order valence-electron chi connectivity index (χ2n) is 29.1. The van der Waals surface area contributed by atoms with E-state index in [0.29, 0.717) is 0 Å². The Morgan fingerprint density at radius 1 is 0.465 bits per heavy atom. The molecule has 0 atom stereocenters. The number of benzene rings is 5. The number of hydrogen-bond donors (Lipinski definition) is 0. The highest BCUT2D eigenvalue weighted by Crippen LogP contribution is 2.58. The summed E-state index contributed by atoms with van der Waals surface area (Å²) in [5.74, 6) is 1.17. The summed E-state index contributed by atoms with van der Waals surface area (Å²) in [6.45, 7) is 45.9. The molecule has 5 aliphatic rings. The Hall–Kier alpha value is -4.96. The average molecular weight is 943 g/mol. The number of fused-ring (bicyclic) bond motifs is 9. The van der Waals surface area contributed by atoms with E-state index < -0.39 is 0 Å². The van der Waals surface area contributed by atoms with Gasteiger partial charge in [-0.15, -0.1) is 0 Å². The highest BCUT2D eigenvalue weighted by Gasteiger charge is 2.54.